The molecule has 1 amide bonds. The first-order valence-electron chi connectivity index (χ1n) is 9.50. The minimum Gasteiger partial charge on any atom is -0.422 e. The quantitative estimate of drug-likeness (QED) is 0.651. The first-order chi connectivity index (χ1) is 14.1. The number of benzene rings is 2. The molecule has 1 atom stereocenters. The number of halogens is 1. The second-order valence-electron chi connectivity index (χ2n) is 6.91. The van der Waals surface area contributed by atoms with E-state index in [9.17, 15) is 9.59 Å². The summed E-state index contributed by atoms with van der Waals surface area (Å²) in [6.45, 7) is 3.17. The summed E-state index contributed by atoms with van der Waals surface area (Å²) in [5.41, 5.74) is 0.861. The molecule has 150 valence electrons. The highest BCUT2D eigenvalue weighted by Crippen LogP contribution is 2.23. The molecule has 2 aromatic carbocycles. The molecule has 6 nitrogen and oxygen atoms in total. The Hall–Kier alpha value is -2.67. The minimum atomic E-state index is -0.643. The largest absolute Gasteiger partial charge is 0.422 e. The predicted octanol–water partition coefficient (Wildman–Crippen LogP) is 3.25. The Morgan fingerprint density at radius 2 is 1.83 bits per heavy atom. The van der Waals surface area contributed by atoms with E-state index in [1.165, 1.54) is 0 Å². The summed E-state index contributed by atoms with van der Waals surface area (Å²) in [7, 11) is 0. The molecule has 0 spiro atoms. The van der Waals surface area contributed by atoms with Crippen LogP contribution in [0.1, 0.15) is 22.0 Å². The Morgan fingerprint density at radius 3 is 2.59 bits per heavy atom. The third kappa shape index (κ3) is 4.50. The first-order valence-corrected chi connectivity index (χ1v) is 9.88. The predicted molar refractivity (Wildman–Crippen MR) is 111 cm³/mol. The van der Waals surface area contributed by atoms with Crippen molar-refractivity contribution in [3.05, 3.63) is 81.2 Å². The molecule has 1 fully saturated rings. The number of fused-ring (bicyclic) bond motifs is 1. The third-order valence-electron chi connectivity index (χ3n) is 5.08. The van der Waals surface area contributed by atoms with Gasteiger partial charge in [-0.15, -0.1) is 0 Å². The van der Waals surface area contributed by atoms with Gasteiger partial charge in [-0.1, -0.05) is 41.9 Å². The molecule has 1 aliphatic rings. The van der Waals surface area contributed by atoms with Crippen molar-refractivity contribution in [2.45, 2.75) is 6.04 Å². The standard InChI is InChI=1S/C22H21ClN2O4/c23-17-7-5-15(6-8-17)19(25-9-11-28-12-10-25)14-24-21(26)18-13-16-3-1-2-4-20(16)29-22(18)27/h1-8,13,19H,9-12,14H2,(H,24,26). The van der Waals surface area contributed by atoms with E-state index in [4.69, 9.17) is 20.8 Å². The molecular weight excluding hydrogens is 392 g/mol. The maximum atomic E-state index is 12.7. The number of carbonyl (C=O) groups is 1. The van der Waals surface area contributed by atoms with Gasteiger partial charge in [-0.05, 0) is 29.8 Å². The van der Waals surface area contributed by atoms with Crippen LogP contribution in [0.3, 0.4) is 0 Å². The van der Waals surface area contributed by atoms with Crippen molar-refractivity contribution in [2.75, 3.05) is 32.8 Å². The van der Waals surface area contributed by atoms with Crippen molar-refractivity contribution < 1.29 is 13.9 Å². The van der Waals surface area contributed by atoms with Crippen molar-refractivity contribution in [3.63, 3.8) is 0 Å². The van der Waals surface area contributed by atoms with Gasteiger partial charge >= 0.3 is 5.63 Å². The number of nitrogens with zero attached hydrogens (tertiary/aromatic N) is 1. The van der Waals surface area contributed by atoms with Crippen LogP contribution in [-0.4, -0.2) is 43.7 Å². The molecule has 0 aliphatic carbocycles. The lowest BCUT2D eigenvalue weighted by atomic mass is 10.0. The third-order valence-corrected chi connectivity index (χ3v) is 5.34. The second-order valence-corrected chi connectivity index (χ2v) is 7.35. The van der Waals surface area contributed by atoms with Crippen LogP contribution in [0.15, 0.2) is 63.8 Å². The Morgan fingerprint density at radius 1 is 1.10 bits per heavy atom. The smallest absolute Gasteiger partial charge is 0.349 e. The van der Waals surface area contributed by atoms with Gasteiger partial charge in [0.05, 0.1) is 19.3 Å². The molecule has 0 radical (unpaired) electrons. The topological polar surface area (TPSA) is 71.8 Å². The summed E-state index contributed by atoms with van der Waals surface area (Å²) in [5, 5.41) is 4.27. The average Bonchev–Trinajstić information content (AvgIpc) is 2.75. The lowest BCUT2D eigenvalue weighted by Gasteiger charge is -2.35. The Kier molecular flexibility index (Phi) is 5.94. The van der Waals surface area contributed by atoms with Crippen LogP contribution in [0.5, 0.6) is 0 Å². The molecule has 1 N–H and O–H groups in total. The van der Waals surface area contributed by atoms with Gasteiger partial charge in [-0.3, -0.25) is 9.69 Å². The van der Waals surface area contributed by atoms with E-state index < -0.39 is 11.5 Å². The molecular formula is C22H21ClN2O4. The summed E-state index contributed by atoms with van der Waals surface area (Å²) in [5.74, 6) is -0.447. The zero-order valence-electron chi connectivity index (χ0n) is 15.8. The fraction of sp³-hybridized carbons (Fsp3) is 0.273. The van der Waals surface area contributed by atoms with Crippen molar-refractivity contribution >= 4 is 28.5 Å². The summed E-state index contributed by atoms with van der Waals surface area (Å²) in [4.78, 5) is 27.3. The van der Waals surface area contributed by atoms with Gasteiger partial charge in [-0.2, -0.15) is 0 Å². The fourth-order valence-corrected chi connectivity index (χ4v) is 3.66. The lowest BCUT2D eigenvalue weighted by Crippen LogP contribution is -2.44. The van der Waals surface area contributed by atoms with Gasteiger partial charge in [0.1, 0.15) is 11.1 Å². The van der Waals surface area contributed by atoms with Crippen LogP contribution in [0.4, 0.5) is 0 Å². The molecule has 1 saturated heterocycles. The van der Waals surface area contributed by atoms with E-state index in [2.05, 4.69) is 10.2 Å². The normalized spacial score (nSPS) is 15.9. The average molecular weight is 413 g/mol. The van der Waals surface area contributed by atoms with E-state index in [1.807, 2.05) is 30.3 Å². The highest BCUT2D eigenvalue weighted by atomic mass is 35.5. The molecule has 1 aromatic heterocycles. The molecule has 0 bridgehead atoms. The lowest BCUT2D eigenvalue weighted by molar-refractivity contribution is 0.0162. The van der Waals surface area contributed by atoms with Gasteiger partial charge < -0.3 is 14.5 Å². The van der Waals surface area contributed by atoms with Crippen molar-refractivity contribution in [3.8, 4) is 0 Å². The number of nitrogens with one attached hydrogen (secondary N) is 1. The molecule has 2 heterocycles. The monoisotopic (exact) mass is 412 g/mol. The summed E-state index contributed by atoms with van der Waals surface area (Å²) in [6, 6.07) is 16.2. The highest BCUT2D eigenvalue weighted by molar-refractivity contribution is 6.30. The second kappa shape index (κ2) is 8.78. The summed E-state index contributed by atoms with van der Waals surface area (Å²) in [6.07, 6.45) is 0. The summed E-state index contributed by atoms with van der Waals surface area (Å²) >= 11 is 6.03. The Labute approximate surface area is 173 Å². The molecule has 1 unspecified atom stereocenters. The Bertz CT molecular complexity index is 1060. The number of ether oxygens (including phenoxy) is 1. The molecule has 4 rings (SSSR count). The highest BCUT2D eigenvalue weighted by Gasteiger charge is 2.24. The number of amides is 1. The maximum absolute atomic E-state index is 12.7. The fourth-order valence-electron chi connectivity index (χ4n) is 3.54. The zero-order valence-corrected chi connectivity index (χ0v) is 16.5. The minimum absolute atomic E-state index is 0.000494. The molecule has 3 aromatic rings. The van der Waals surface area contributed by atoms with Gasteiger partial charge in [0.15, 0.2) is 0 Å². The van der Waals surface area contributed by atoms with E-state index in [0.717, 1.165) is 18.7 Å². The number of hydrogen-bond acceptors (Lipinski definition) is 5. The van der Waals surface area contributed by atoms with E-state index in [-0.39, 0.29) is 11.6 Å². The van der Waals surface area contributed by atoms with E-state index in [0.29, 0.717) is 35.8 Å². The molecule has 29 heavy (non-hydrogen) atoms. The number of rotatable bonds is 5. The van der Waals surface area contributed by atoms with Crippen LogP contribution >= 0.6 is 11.6 Å². The van der Waals surface area contributed by atoms with Crippen LogP contribution < -0.4 is 10.9 Å². The number of para-hydroxylation sites is 1. The number of hydrogen-bond donors (Lipinski definition) is 1. The maximum Gasteiger partial charge on any atom is 0.349 e. The number of morpholine rings is 1. The van der Waals surface area contributed by atoms with Gasteiger partial charge in [0, 0.05) is 30.0 Å². The van der Waals surface area contributed by atoms with Gasteiger partial charge in [-0.25, -0.2) is 4.79 Å². The van der Waals surface area contributed by atoms with Crippen LogP contribution in [0.25, 0.3) is 11.0 Å². The molecule has 1 aliphatic heterocycles. The van der Waals surface area contributed by atoms with Crippen molar-refractivity contribution in [2.24, 2.45) is 0 Å². The van der Waals surface area contributed by atoms with Gasteiger partial charge in [0.2, 0.25) is 0 Å². The van der Waals surface area contributed by atoms with E-state index in [1.54, 1.807) is 24.3 Å². The van der Waals surface area contributed by atoms with E-state index >= 15 is 0 Å². The van der Waals surface area contributed by atoms with Crippen LogP contribution in [0.2, 0.25) is 5.02 Å². The zero-order chi connectivity index (χ0) is 20.2. The van der Waals surface area contributed by atoms with Crippen molar-refractivity contribution in [1.82, 2.24) is 10.2 Å². The van der Waals surface area contributed by atoms with Gasteiger partial charge in [0.25, 0.3) is 5.91 Å². The Balaban J connectivity index is 1.55. The number of carbonyl (C=O) groups excluding carboxylic acids is 1. The van der Waals surface area contributed by atoms with Crippen LogP contribution in [0, 0.1) is 0 Å². The first kappa shape index (κ1) is 19.6. The SMILES string of the molecule is O=C(NCC(c1ccc(Cl)cc1)N1CCOCC1)c1cc2ccccc2oc1=O. The van der Waals surface area contributed by atoms with Crippen LogP contribution in [-0.2, 0) is 4.74 Å². The molecule has 7 heteroatoms. The molecule has 0 saturated carbocycles. The summed E-state index contributed by atoms with van der Waals surface area (Å²) < 4.78 is 10.7. The van der Waals surface area contributed by atoms with Crippen molar-refractivity contribution in [1.29, 1.82) is 0 Å².